The van der Waals surface area contributed by atoms with Gasteiger partial charge >= 0.3 is 5.97 Å². The van der Waals surface area contributed by atoms with Gasteiger partial charge in [-0.3, -0.25) is 4.79 Å². The van der Waals surface area contributed by atoms with Crippen molar-refractivity contribution in [1.29, 1.82) is 0 Å². The van der Waals surface area contributed by atoms with Gasteiger partial charge in [0.1, 0.15) is 11.4 Å². The maximum Gasteiger partial charge on any atom is 0.375 e. The summed E-state index contributed by atoms with van der Waals surface area (Å²) in [5, 5.41) is 2.99. The number of hydrogen-bond acceptors (Lipinski definition) is 7. The van der Waals surface area contributed by atoms with Gasteiger partial charge in [-0.15, -0.1) is 0 Å². The van der Waals surface area contributed by atoms with Crippen molar-refractivity contribution >= 4 is 38.6 Å². The van der Waals surface area contributed by atoms with Gasteiger partial charge in [0, 0.05) is 29.7 Å². The van der Waals surface area contributed by atoms with E-state index in [2.05, 4.69) is 5.32 Å². The molecule has 9 nitrogen and oxygen atoms in total. The zero-order chi connectivity index (χ0) is 24.5. The summed E-state index contributed by atoms with van der Waals surface area (Å²) in [5.41, 5.74) is 0.951. The molecule has 34 heavy (non-hydrogen) atoms. The minimum absolute atomic E-state index is 0.0296. The van der Waals surface area contributed by atoms with Crippen molar-refractivity contribution in [3.05, 3.63) is 59.6 Å². The van der Waals surface area contributed by atoms with Crippen LogP contribution in [0.1, 0.15) is 23.0 Å². The molecule has 0 spiro atoms. The monoisotopic (exact) mass is 490 g/mol. The Hall–Kier alpha value is -3.28. The summed E-state index contributed by atoms with van der Waals surface area (Å²) in [6.07, 6.45) is -1.21. The van der Waals surface area contributed by atoms with Crippen molar-refractivity contribution in [2.45, 2.75) is 24.8 Å². The number of nitrogens with zero attached hydrogens (tertiary/aromatic N) is 1. The summed E-state index contributed by atoms with van der Waals surface area (Å²) in [6.45, 7) is 4.10. The summed E-state index contributed by atoms with van der Waals surface area (Å²) < 4.78 is 56.4. The second-order valence-electron chi connectivity index (χ2n) is 7.78. The van der Waals surface area contributed by atoms with Gasteiger partial charge in [0.25, 0.3) is 5.91 Å². The summed E-state index contributed by atoms with van der Waals surface area (Å²) in [7, 11) is -3.74. The molecule has 1 unspecified atom stereocenters. The van der Waals surface area contributed by atoms with Crippen LogP contribution in [0, 0.1) is 12.7 Å². The largest absolute Gasteiger partial charge is 0.449 e. The van der Waals surface area contributed by atoms with Crippen molar-refractivity contribution < 1.29 is 36.3 Å². The first-order valence-electron chi connectivity index (χ1n) is 10.6. The number of sulfonamides is 1. The van der Waals surface area contributed by atoms with E-state index >= 15 is 0 Å². The molecule has 180 valence electrons. The Morgan fingerprint density at radius 1 is 1.15 bits per heavy atom. The minimum atomic E-state index is -3.74. The van der Waals surface area contributed by atoms with Crippen LogP contribution in [-0.2, 0) is 24.3 Å². The van der Waals surface area contributed by atoms with Gasteiger partial charge in [-0.1, -0.05) is 6.07 Å². The molecule has 2 aromatic carbocycles. The van der Waals surface area contributed by atoms with E-state index in [0.29, 0.717) is 29.7 Å². The molecule has 2 heterocycles. The Morgan fingerprint density at radius 3 is 2.62 bits per heavy atom. The summed E-state index contributed by atoms with van der Waals surface area (Å²) >= 11 is 0. The topological polar surface area (TPSA) is 115 Å². The van der Waals surface area contributed by atoms with E-state index in [1.807, 2.05) is 0 Å². The van der Waals surface area contributed by atoms with Crippen LogP contribution >= 0.6 is 0 Å². The zero-order valence-electron chi connectivity index (χ0n) is 18.5. The van der Waals surface area contributed by atoms with Crippen LogP contribution in [0.15, 0.2) is 51.8 Å². The molecule has 1 aliphatic rings. The minimum Gasteiger partial charge on any atom is -0.449 e. The number of furan rings is 1. The smallest absolute Gasteiger partial charge is 0.375 e. The fraction of sp³-hybridized carbons (Fsp3) is 0.304. The predicted molar refractivity (Wildman–Crippen MR) is 120 cm³/mol. The number of hydrogen-bond donors (Lipinski definition) is 1. The first-order chi connectivity index (χ1) is 16.2. The summed E-state index contributed by atoms with van der Waals surface area (Å²) in [5.74, 6) is -2.13. The Kier molecular flexibility index (Phi) is 6.69. The van der Waals surface area contributed by atoms with E-state index in [9.17, 15) is 22.4 Å². The van der Waals surface area contributed by atoms with E-state index in [0.717, 1.165) is 0 Å². The highest BCUT2D eigenvalue weighted by molar-refractivity contribution is 7.89. The first-order valence-corrected chi connectivity index (χ1v) is 12.0. The van der Waals surface area contributed by atoms with Crippen LogP contribution in [0.4, 0.5) is 10.1 Å². The van der Waals surface area contributed by atoms with Crippen LogP contribution in [-0.4, -0.2) is 57.0 Å². The second kappa shape index (κ2) is 9.53. The maximum absolute atomic E-state index is 13.5. The van der Waals surface area contributed by atoms with E-state index < -0.39 is 33.8 Å². The van der Waals surface area contributed by atoms with E-state index in [1.54, 1.807) is 6.92 Å². The Labute approximate surface area is 195 Å². The van der Waals surface area contributed by atoms with Crippen molar-refractivity contribution in [2.24, 2.45) is 0 Å². The molecule has 1 fully saturated rings. The Balaban J connectivity index is 1.44. The third-order valence-electron chi connectivity index (χ3n) is 5.45. The van der Waals surface area contributed by atoms with Crippen LogP contribution in [0.3, 0.4) is 0 Å². The number of anilines is 1. The van der Waals surface area contributed by atoms with Crippen molar-refractivity contribution in [3.8, 4) is 0 Å². The Bertz CT molecular complexity index is 1350. The molecule has 1 amide bonds. The second-order valence-corrected chi connectivity index (χ2v) is 9.72. The molecule has 1 N–H and O–H groups in total. The molecule has 11 heteroatoms. The number of morpholine rings is 1. The third kappa shape index (κ3) is 4.81. The normalized spacial score (nSPS) is 15.7. The number of rotatable bonds is 6. The van der Waals surface area contributed by atoms with Crippen LogP contribution in [0.25, 0.3) is 11.0 Å². The molecule has 1 atom stereocenters. The zero-order valence-corrected chi connectivity index (χ0v) is 19.4. The highest BCUT2D eigenvalue weighted by atomic mass is 32.2. The predicted octanol–water partition coefficient (Wildman–Crippen LogP) is 3.09. The van der Waals surface area contributed by atoms with Crippen molar-refractivity contribution in [1.82, 2.24) is 4.31 Å². The number of fused-ring (bicyclic) bond motifs is 1. The standard InChI is InChI=1S/C23H23FN2O7S/c1-14-19-12-16(24)6-7-20(19)33-21(14)23(28)32-15(2)22(27)25-17-4-3-5-18(13-17)34(29,30)26-8-10-31-11-9-26/h3-7,12-13,15H,8-11H2,1-2H3,(H,25,27). The summed E-state index contributed by atoms with van der Waals surface area (Å²) in [6, 6.07) is 9.69. The fourth-order valence-electron chi connectivity index (χ4n) is 3.57. The van der Waals surface area contributed by atoms with Gasteiger partial charge in [0.2, 0.25) is 15.8 Å². The van der Waals surface area contributed by atoms with Crippen LogP contribution in [0.5, 0.6) is 0 Å². The average molecular weight is 491 g/mol. The lowest BCUT2D eigenvalue weighted by molar-refractivity contribution is -0.123. The van der Waals surface area contributed by atoms with Crippen molar-refractivity contribution in [3.63, 3.8) is 0 Å². The fourth-order valence-corrected chi connectivity index (χ4v) is 5.02. The summed E-state index contributed by atoms with van der Waals surface area (Å²) in [4.78, 5) is 25.2. The highest BCUT2D eigenvalue weighted by Crippen LogP contribution is 2.27. The van der Waals surface area contributed by atoms with E-state index in [-0.39, 0.29) is 29.4 Å². The molecular formula is C23H23FN2O7S. The molecule has 1 aliphatic heterocycles. The van der Waals surface area contributed by atoms with E-state index in [4.69, 9.17) is 13.9 Å². The molecule has 0 bridgehead atoms. The molecule has 4 rings (SSSR count). The number of benzene rings is 2. The number of halogens is 1. The lowest BCUT2D eigenvalue weighted by Gasteiger charge is -2.26. The Morgan fingerprint density at radius 2 is 1.88 bits per heavy atom. The van der Waals surface area contributed by atoms with E-state index in [1.165, 1.54) is 53.7 Å². The number of ether oxygens (including phenoxy) is 2. The average Bonchev–Trinajstić information content (AvgIpc) is 3.15. The maximum atomic E-state index is 13.5. The van der Waals surface area contributed by atoms with Gasteiger partial charge in [0.05, 0.1) is 18.1 Å². The number of nitrogens with one attached hydrogen (secondary N) is 1. The lowest BCUT2D eigenvalue weighted by Crippen LogP contribution is -2.40. The number of carbonyl (C=O) groups excluding carboxylic acids is 2. The quantitative estimate of drug-likeness (QED) is 0.528. The molecule has 1 aromatic heterocycles. The number of esters is 1. The molecular weight excluding hydrogens is 467 g/mol. The van der Waals surface area contributed by atoms with Gasteiger partial charge in [-0.2, -0.15) is 4.31 Å². The first kappa shape index (κ1) is 23.9. The van der Waals surface area contributed by atoms with Gasteiger partial charge < -0.3 is 19.2 Å². The number of amides is 1. The highest BCUT2D eigenvalue weighted by Gasteiger charge is 2.27. The molecule has 3 aromatic rings. The van der Waals surface area contributed by atoms with Gasteiger partial charge in [0.15, 0.2) is 6.10 Å². The van der Waals surface area contributed by atoms with Gasteiger partial charge in [-0.05, 0) is 50.2 Å². The molecule has 1 saturated heterocycles. The number of carbonyl (C=O) groups is 2. The third-order valence-corrected chi connectivity index (χ3v) is 7.34. The van der Waals surface area contributed by atoms with Crippen LogP contribution in [0.2, 0.25) is 0 Å². The SMILES string of the molecule is Cc1c(C(=O)OC(C)C(=O)Nc2cccc(S(=O)(=O)N3CCOCC3)c2)oc2ccc(F)cc12. The van der Waals surface area contributed by atoms with Crippen molar-refractivity contribution in [2.75, 3.05) is 31.6 Å². The van der Waals surface area contributed by atoms with Gasteiger partial charge in [-0.25, -0.2) is 17.6 Å². The number of aryl methyl sites for hydroxylation is 1. The van der Waals surface area contributed by atoms with Crippen LogP contribution < -0.4 is 5.32 Å². The molecule has 0 saturated carbocycles. The molecule has 0 aliphatic carbocycles. The molecule has 0 radical (unpaired) electrons. The lowest BCUT2D eigenvalue weighted by atomic mass is 10.1.